The number of halogens is 4. The van der Waals surface area contributed by atoms with Crippen LogP contribution in [0.2, 0.25) is 0 Å². The summed E-state index contributed by atoms with van der Waals surface area (Å²) >= 11 is 2.52. The minimum absolute atomic E-state index is 0.381. The molecule has 0 heterocycles. The van der Waals surface area contributed by atoms with Crippen molar-refractivity contribution in [3.05, 3.63) is 33.6 Å². The van der Waals surface area contributed by atoms with Gasteiger partial charge in [-0.2, -0.15) is 0 Å². The second kappa shape index (κ2) is 4.84. The first-order chi connectivity index (χ1) is 7.34. The molecule has 88 valence electrons. The SMILES string of the molecule is NC(CC(=O)O)c1cc(F)c(F)c(Br)c1F. The van der Waals surface area contributed by atoms with E-state index >= 15 is 0 Å². The molecule has 16 heavy (non-hydrogen) atoms. The van der Waals surface area contributed by atoms with Crippen LogP contribution >= 0.6 is 15.9 Å². The molecule has 0 amide bonds. The molecule has 1 rings (SSSR count). The van der Waals surface area contributed by atoms with Crippen LogP contribution < -0.4 is 5.73 Å². The summed E-state index contributed by atoms with van der Waals surface area (Å²) in [4.78, 5) is 10.3. The van der Waals surface area contributed by atoms with Gasteiger partial charge >= 0.3 is 5.97 Å². The molecule has 0 saturated carbocycles. The van der Waals surface area contributed by atoms with Gasteiger partial charge in [0.2, 0.25) is 0 Å². The Kier molecular flexibility index (Phi) is 3.93. The van der Waals surface area contributed by atoms with Crippen LogP contribution in [0, 0.1) is 17.5 Å². The number of benzene rings is 1. The predicted octanol–water partition coefficient (Wildman–Crippen LogP) is 2.34. The Bertz CT molecular complexity index is 439. The zero-order chi connectivity index (χ0) is 12.5. The highest BCUT2D eigenvalue weighted by Crippen LogP contribution is 2.28. The second-order valence-corrected chi connectivity index (χ2v) is 3.89. The summed E-state index contributed by atoms with van der Waals surface area (Å²) in [5.41, 5.74) is 4.97. The van der Waals surface area contributed by atoms with Crippen molar-refractivity contribution in [3.8, 4) is 0 Å². The van der Waals surface area contributed by atoms with Crippen LogP contribution in [0.15, 0.2) is 10.5 Å². The maximum Gasteiger partial charge on any atom is 0.305 e. The molecule has 0 bridgehead atoms. The quantitative estimate of drug-likeness (QED) is 0.665. The minimum atomic E-state index is -1.37. The number of rotatable bonds is 3. The van der Waals surface area contributed by atoms with Gasteiger partial charge in [0.25, 0.3) is 0 Å². The van der Waals surface area contributed by atoms with Crippen molar-refractivity contribution in [1.29, 1.82) is 0 Å². The first-order valence-electron chi connectivity index (χ1n) is 4.14. The average molecular weight is 298 g/mol. The number of carboxylic acid groups (broad SMARTS) is 1. The van der Waals surface area contributed by atoms with E-state index in [0.29, 0.717) is 6.07 Å². The van der Waals surface area contributed by atoms with E-state index in [1.165, 1.54) is 0 Å². The molecule has 3 N–H and O–H groups in total. The largest absolute Gasteiger partial charge is 0.481 e. The summed E-state index contributed by atoms with van der Waals surface area (Å²) < 4.78 is 38.5. The van der Waals surface area contributed by atoms with Gasteiger partial charge in [0.1, 0.15) is 5.82 Å². The first kappa shape index (κ1) is 13.0. The smallest absolute Gasteiger partial charge is 0.305 e. The number of aliphatic carboxylic acids is 1. The lowest BCUT2D eigenvalue weighted by Gasteiger charge is -2.12. The molecular weight excluding hydrogens is 291 g/mol. The summed E-state index contributed by atoms with van der Waals surface area (Å²) in [6, 6.07) is -0.674. The Balaban J connectivity index is 3.19. The van der Waals surface area contributed by atoms with Gasteiger partial charge in [-0.3, -0.25) is 4.79 Å². The van der Waals surface area contributed by atoms with Gasteiger partial charge in [0.05, 0.1) is 10.9 Å². The standard InChI is InChI=1S/C9H7BrF3NO2/c10-7-8(12)3(1-4(11)9(7)13)5(14)2-6(15)16/h1,5H,2,14H2,(H,15,16). The third-order valence-electron chi connectivity index (χ3n) is 1.92. The van der Waals surface area contributed by atoms with Crippen LogP contribution in [0.5, 0.6) is 0 Å². The highest BCUT2D eigenvalue weighted by Gasteiger charge is 2.22. The van der Waals surface area contributed by atoms with Crippen molar-refractivity contribution in [3.63, 3.8) is 0 Å². The van der Waals surface area contributed by atoms with E-state index in [0.717, 1.165) is 0 Å². The molecule has 0 spiro atoms. The molecule has 7 heteroatoms. The molecule has 1 aromatic rings. The van der Waals surface area contributed by atoms with Crippen molar-refractivity contribution in [2.24, 2.45) is 5.73 Å². The van der Waals surface area contributed by atoms with Gasteiger partial charge in [0.15, 0.2) is 11.6 Å². The van der Waals surface area contributed by atoms with E-state index in [-0.39, 0.29) is 5.56 Å². The van der Waals surface area contributed by atoms with Crippen LogP contribution in [0.1, 0.15) is 18.0 Å². The number of hydrogen-bond acceptors (Lipinski definition) is 2. The van der Waals surface area contributed by atoms with Gasteiger partial charge in [-0.05, 0) is 22.0 Å². The van der Waals surface area contributed by atoms with Crippen molar-refractivity contribution in [1.82, 2.24) is 0 Å². The van der Waals surface area contributed by atoms with Gasteiger partial charge < -0.3 is 10.8 Å². The first-order valence-corrected chi connectivity index (χ1v) is 4.94. The third kappa shape index (κ3) is 2.53. The van der Waals surface area contributed by atoms with Gasteiger partial charge in [-0.1, -0.05) is 0 Å². The fraction of sp³-hybridized carbons (Fsp3) is 0.222. The van der Waals surface area contributed by atoms with E-state index in [1.807, 2.05) is 0 Å². The number of nitrogens with two attached hydrogens (primary N) is 1. The Morgan fingerprint density at radius 3 is 2.50 bits per heavy atom. The van der Waals surface area contributed by atoms with Crippen LogP contribution in [-0.2, 0) is 4.79 Å². The second-order valence-electron chi connectivity index (χ2n) is 3.09. The summed E-state index contributed by atoms with van der Waals surface area (Å²) in [6.45, 7) is 0. The summed E-state index contributed by atoms with van der Waals surface area (Å²) in [7, 11) is 0. The van der Waals surface area contributed by atoms with Crippen LogP contribution in [0.3, 0.4) is 0 Å². The molecule has 0 aromatic heterocycles. The lowest BCUT2D eigenvalue weighted by molar-refractivity contribution is -0.137. The predicted molar refractivity (Wildman–Crippen MR) is 53.2 cm³/mol. The third-order valence-corrected chi connectivity index (χ3v) is 2.62. The van der Waals surface area contributed by atoms with Crippen molar-refractivity contribution in [2.75, 3.05) is 0 Å². The lowest BCUT2D eigenvalue weighted by atomic mass is 10.0. The van der Waals surface area contributed by atoms with E-state index in [4.69, 9.17) is 10.8 Å². The van der Waals surface area contributed by atoms with E-state index in [9.17, 15) is 18.0 Å². The van der Waals surface area contributed by atoms with E-state index in [2.05, 4.69) is 15.9 Å². The number of carbonyl (C=O) groups is 1. The molecule has 1 unspecified atom stereocenters. The van der Waals surface area contributed by atoms with Crippen molar-refractivity contribution in [2.45, 2.75) is 12.5 Å². The lowest BCUT2D eigenvalue weighted by Crippen LogP contribution is -2.17. The van der Waals surface area contributed by atoms with Crippen molar-refractivity contribution < 1.29 is 23.1 Å². The maximum absolute atomic E-state index is 13.4. The Hall–Kier alpha value is -1.08. The van der Waals surface area contributed by atoms with E-state index < -0.39 is 40.4 Å². The molecule has 3 nitrogen and oxygen atoms in total. The monoisotopic (exact) mass is 297 g/mol. The Morgan fingerprint density at radius 1 is 1.44 bits per heavy atom. The molecular formula is C9H7BrF3NO2. The topological polar surface area (TPSA) is 63.3 Å². The zero-order valence-electron chi connectivity index (χ0n) is 7.81. The Morgan fingerprint density at radius 2 is 2.00 bits per heavy atom. The summed E-state index contributed by atoms with van der Waals surface area (Å²) in [5, 5.41) is 8.45. The highest BCUT2D eigenvalue weighted by atomic mass is 79.9. The van der Waals surface area contributed by atoms with E-state index in [1.54, 1.807) is 0 Å². The minimum Gasteiger partial charge on any atom is -0.481 e. The molecule has 0 fully saturated rings. The molecule has 0 radical (unpaired) electrons. The summed E-state index contributed by atoms with van der Waals surface area (Å²) in [6.07, 6.45) is -0.575. The molecule has 1 atom stereocenters. The number of hydrogen-bond donors (Lipinski definition) is 2. The normalized spacial score (nSPS) is 12.6. The zero-order valence-corrected chi connectivity index (χ0v) is 9.39. The maximum atomic E-state index is 13.4. The fourth-order valence-electron chi connectivity index (χ4n) is 1.16. The fourth-order valence-corrected chi connectivity index (χ4v) is 1.58. The molecule has 0 aliphatic rings. The van der Waals surface area contributed by atoms with Crippen molar-refractivity contribution >= 4 is 21.9 Å². The van der Waals surface area contributed by atoms with Crippen LogP contribution in [0.4, 0.5) is 13.2 Å². The average Bonchev–Trinajstić information content (AvgIpc) is 2.19. The van der Waals surface area contributed by atoms with Gasteiger partial charge in [0, 0.05) is 11.6 Å². The molecule has 0 aliphatic carbocycles. The van der Waals surface area contributed by atoms with Gasteiger partial charge in [-0.15, -0.1) is 0 Å². The molecule has 0 aliphatic heterocycles. The highest BCUT2D eigenvalue weighted by molar-refractivity contribution is 9.10. The van der Waals surface area contributed by atoms with Crippen LogP contribution in [0.25, 0.3) is 0 Å². The number of carboxylic acids is 1. The Labute approximate surface area is 97.2 Å². The molecule has 0 saturated heterocycles. The van der Waals surface area contributed by atoms with Gasteiger partial charge in [-0.25, -0.2) is 13.2 Å². The molecule has 1 aromatic carbocycles. The van der Waals surface area contributed by atoms with Crippen LogP contribution in [-0.4, -0.2) is 11.1 Å². The summed E-state index contributed by atoms with van der Waals surface area (Å²) in [5.74, 6) is -5.01.